The number of anilines is 1. The third-order valence-electron chi connectivity index (χ3n) is 6.09. The SMILES string of the molecule is COc1ccc(S(=O)(=O)N2Cc3ccccc3CC2C(=O)NCc2ccc(N(C)C)cc2)cc1. The number of fused-ring (bicyclic) bond motifs is 1. The van der Waals surface area contributed by atoms with Gasteiger partial charge in [0.15, 0.2) is 0 Å². The van der Waals surface area contributed by atoms with E-state index in [9.17, 15) is 13.2 Å². The molecular formula is C26H29N3O4S. The predicted molar refractivity (Wildman–Crippen MR) is 132 cm³/mol. The van der Waals surface area contributed by atoms with Gasteiger partial charge in [0.2, 0.25) is 15.9 Å². The summed E-state index contributed by atoms with van der Waals surface area (Å²) in [6.07, 6.45) is 0.316. The van der Waals surface area contributed by atoms with Gasteiger partial charge in [-0.2, -0.15) is 4.31 Å². The number of nitrogens with zero attached hydrogens (tertiary/aromatic N) is 2. The second-order valence-electron chi connectivity index (χ2n) is 8.49. The van der Waals surface area contributed by atoms with Gasteiger partial charge in [0.05, 0.1) is 12.0 Å². The highest BCUT2D eigenvalue weighted by atomic mass is 32.2. The van der Waals surface area contributed by atoms with E-state index in [4.69, 9.17) is 4.74 Å². The van der Waals surface area contributed by atoms with E-state index >= 15 is 0 Å². The maximum Gasteiger partial charge on any atom is 0.244 e. The van der Waals surface area contributed by atoms with Crippen LogP contribution >= 0.6 is 0 Å². The number of nitrogens with one attached hydrogen (secondary N) is 1. The average Bonchev–Trinajstić information content (AvgIpc) is 2.86. The van der Waals surface area contributed by atoms with Gasteiger partial charge in [-0.25, -0.2) is 8.42 Å². The normalized spacial score (nSPS) is 15.9. The minimum Gasteiger partial charge on any atom is -0.497 e. The zero-order valence-corrected chi connectivity index (χ0v) is 20.4. The zero-order valence-electron chi connectivity index (χ0n) is 19.6. The predicted octanol–water partition coefficient (Wildman–Crippen LogP) is 3.19. The molecular weight excluding hydrogens is 450 g/mol. The van der Waals surface area contributed by atoms with E-state index in [1.165, 1.54) is 23.5 Å². The second kappa shape index (κ2) is 9.87. The monoisotopic (exact) mass is 479 g/mol. The van der Waals surface area contributed by atoms with E-state index in [2.05, 4.69) is 5.32 Å². The number of carbonyl (C=O) groups excluding carboxylic acids is 1. The van der Waals surface area contributed by atoms with Gasteiger partial charge in [-0.3, -0.25) is 4.79 Å². The Morgan fingerprint density at radius 3 is 2.26 bits per heavy atom. The summed E-state index contributed by atoms with van der Waals surface area (Å²) >= 11 is 0. The molecule has 0 aliphatic carbocycles. The van der Waals surface area contributed by atoms with Gasteiger partial charge in [-0.05, 0) is 59.5 Å². The Balaban J connectivity index is 1.59. The van der Waals surface area contributed by atoms with E-state index in [1.54, 1.807) is 12.1 Å². The molecule has 0 fully saturated rings. The molecule has 178 valence electrons. The molecule has 3 aromatic carbocycles. The van der Waals surface area contributed by atoms with Crippen molar-refractivity contribution in [2.45, 2.75) is 30.4 Å². The first-order valence-corrected chi connectivity index (χ1v) is 12.5. The van der Waals surface area contributed by atoms with Crippen LogP contribution in [0.3, 0.4) is 0 Å². The molecule has 1 N–H and O–H groups in total. The number of carbonyl (C=O) groups is 1. The number of amides is 1. The molecule has 7 nitrogen and oxygen atoms in total. The Bertz CT molecular complexity index is 1260. The molecule has 1 aliphatic heterocycles. The number of hydrogen-bond donors (Lipinski definition) is 1. The Hall–Kier alpha value is -3.36. The number of sulfonamides is 1. The number of ether oxygens (including phenoxy) is 1. The van der Waals surface area contributed by atoms with Gasteiger partial charge in [0.1, 0.15) is 11.8 Å². The first-order valence-electron chi connectivity index (χ1n) is 11.1. The maximum absolute atomic E-state index is 13.6. The van der Waals surface area contributed by atoms with E-state index in [-0.39, 0.29) is 17.3 Å². The minimum absolute atomic E-state index is 0.129. The summed E-state index contributed by atoms with van der Waals surface area (Å²) in [6.45, 7) is 0.460. The van der Waals surface area contributed by atoms with Crippen LogP contribution in [0.4, 0.5) is 5.69 Å². The Kier molecular flexibility index (Phi) is 6.90. The summed E-state index contributed by atoms with van der Waals surface area (Å²) in [7, 11) is 1.55. The van der Waals surface area contributed by atoms with E-state index in [1.807, 2.05) is 67.5 Å². The van der Waals surface area contributed by atoms with Crippen LogP contribution in [0.25, 0.3) is 0 Å². The molecule has 3 aromatic rings. The summed E-state index contributed by atoms with van der Waals surface area (Å²) in [5.41, 5.74) is 3.90. The zero-order chi connectivity index (χ0) is 24.3. The molecule has 1 amide bonds. The molecule has 1 aliphatic rings. The summed E-state index contributed by atoms with van der Waals surface area (Å²) in [4.78, 5) is 15.4. The summed E-state index contributed by atoms with van der Waals surface area (Å²) in [5.74, 6) is 0.251. The smallest absolute Gasteiger partial charge is 0.244 e. The van der Waals surface area contributed by atoms with Crippen molar-refractivity contribution in [2.24, 2.45) is 0 Å². The lowest BCUT2D eigenvalue weighted by atomic mass is 9.95. The first-order chi connectivity index (χ1) is 16.3. The van der Waals surface area contributed by atoms with Crippen molar-refractivity contribution in [1.29, 1.82) is 0 Å². The van der Waals surface area contributed by atoms with Crippen molar-refractivity contribution in [3.63, 3.8) is 0 Å². The molecule has 4 rings (SSSR count). The molecule has 34 heavy (non-hydrogen) atoms. The van der Waals surface area contributed by atoms with Gasteiger partial charge >= 0.3 is 0 Å². The van der Waals surface area contributed by atoms with E-state index in [0.29, 0.717) is 18.7 Å². The van der Waals surface area contributed by atoms with Crippen molar-refractivity contribution in [3.8, 4) is 5.75 Å². The summed E-state index contributed by atoms with van der Waals surface area (Å²) in [6, 6.07) is 20.9. The lowest BCUT2D eigenvalue weighted by molar-refractivity contribution is -0.125. The molecule has 8 heteroatoms. The van der Waals surface area contributed by atoms with Gasteiger partial charge in [-0.15, -0.1) is 0 Å². The van der Waals surface area contributed by atoms with Crippen molar-refractivity contribution in [1.82, 2.24) is 9.62 Å². The molecule has 0 saturated carbocycles. The van der Waals surface area contributed by atoms with Crippen LogP contribution in [0.15, 0.2) is 77.7 Å². The number of methoxy groups -OCH3 is 1. The quantitative estimate of drug-likeness (QED) is 0.563. The van der Waals surface area contributed by atoms with Crippen LogP contribution in [0.2, 0.25) is 0 Å². The van der Waals surface area contributed by atoms with Crippen molar-refractivity contribution in [3.05, 3.63) is 89.5 Å². The number of rotatable bonds is 7. The van der Waals surface area contributed by atoms with Crippen LogP contribution < -0.4 is 15.0 Å². The van der Waals surface area contributed by atoms with E-state index < -0.39 is 16.1 Å². The highest BCUT2D eigenvalue weighted by Crippen LogP contribution is 2.30. The highest BCUT2D eigenvalue weighted by molar-refractivity contribution is 7.89. The average molecular weight is 480 g/mol. The standard InChI is InChI=1S/C26H29N3O4S/c1-28(2)22-10-8-19(9-11-22)17-27-26(30)25-16-20-6-4-5-7-21(20)18-29(25)34(31,32)24-14-12-23(33-3)13-15-24/h4-15,25H,16-18H2,1-3H3,(H,27,30). The molecule has 0 saturated heterocycles. The lowest BCUT2D eigenvalue weighted by Gasteiger charge is -2.35. The Morgan fingerprint density at radius 1 is 1.00 bits per heavy atom. The molecule has 0 spiro atoms. The van der Waals surface area contributed by atoms with Crippen LogP contribution in [-0.2, 0) is 34.3 Å². The van der Waals surface area contributed by atoms with Crippen molar-refractivity contribution >= 4 is 21.6 Å². The van der Waals surface area contributed by atoms with Crippen LogP contribution in [0.5, 0.6) is 5.75 Å². The molecule has 0 radical (unpaired) electrons. The summed E-state index contributed by atoms with van der Waals surface area (Å²) < 4.78 is 33.6. The van der Waals surface area contributed by atoms with Gasteiger partial charge in [0.25, 0.3) is 0 Å². The molecule has 1 atom stereocenters. The van der Waals surface area contributed by atoms with Gasteiger partial charge in [-0.1, -0.05) is 36.4 Å². The van der Waals surface area contributed by atoms with Crippen molar-refractivity contribution < 1.29 is 17.9 Å². The maximum atomic E-state index is 13.6. The third kappa shape index (κ3) is 4.93. The highest BCUT2D eigenvalue weighted by Gasteiger charge is 2.39. The van der Waals surface area contributed by atoms with Gasteiger partial charge in [0, 0.05) is 32.9 Å². The van der Waals surface area contributed by atoms with E-state index in [0.717, 1.165) is 22.4 Å². The second-order valence-corrected chi connectivity index (χ2v) is 10.4. The fourth-order valence-corrected chi connectivity index (χ4v) is 5.64. The number of benzene rings is 3. The first kappa shape index (κ1) is 23.8. The van der Waals surface area contributed by atoms with Crippen molar-refractivity contribution in [2.75, 3.05) is 26.1 Å². The third-order valence-corrected chi connectivity index (χ3v) is 7.96. The Morgan fingerprint density at radius 2 is 1.65 bits per heavy atom. The van der Waals surface area contributed by atoms with Gasteiger partial charge < -0.3 is 15.0 Å². The largest absolute Gasteiger partial charge is 0.497 e. The number of hydrogen-bond acceptors (Lipinski definition) is 5. The molecule has 1 heterocycles. The fraction of sp³-hybridized carbons (Fsp3) is 0.269. The fourth-order valence-electron chi connectivity index (χ4n) is 4.08. The Labute approximate surface area is 201 Å². The molecule has 0 bridgehead atoms. The summed E-state index contributed by atoms with van der Waals surface area (Å²) in [5, 5.41) is 2.94. The minimum atomic E-state index is -3.91. The van der Waals surface area contributed by atoms with Crippen LogP contribution in [-0.4, -0.2) is 45.9 Å². The van der Waals surface area contributed by atoms with Crippen LogP contribution in [0.1, 0.15) is 16.7 Å². The van der Waals surface area contributed by atoms with Crippen LogP contribution in [0, 0.1) is 0 Å². The topological polar surface area (TPSA) is 79.0 Å². The lowest BCUT2D eigenvalue weighted by Crippen LogP contribution is -2.52. The molecule has 1 unspecified atom stereocenters. The molecule has 0 aromatic heterocycles.